The highest BCUT2D eigenvalue weighted by atomic mass is 32.2. The van der Waals surface area contributed by atoms with E-state index in [1.165, 1.54) is 11.3 Å². The summed E-state index contributed by atoms with van der Waals surface area (Å²) in [5.41, 5.74) is 3.82. The Labute approximate surface area is 181 Å². The van der Waals surface area contributed by atoms with E-state index in [0.717, 1.165) is 50.1 Å². The van der Waals surface area contributed by atoms with Gasteiger partial charge in [0.25, 0.3) is 0 Å². The Kier molecular flexibility index (Phi) is 5.15. The fourth-order valence-corrected chi connectivity index (χ4v) is 5.36. The Morgan fingerprint density at radius 1 is 1.13 bits per heavy atom. The Balaban J connectivity index is 1.63. The summed E-state index contributed by atoms with van der Waals surface area (Å²) < 4.78 is 25.1. The molecular weight excluding hydrogens is 400 g/mol. The van der Waals surface area contributed by atoms with E-state index < -0.39 is 21.3 Å². The second-order valence-corrected chi connectivity index (χ2v) is 12.7. The number of rotatable bonds is 1. The van der Waals surface area contributed by atoms with E-state index in [4.69, 9.17) is 14.2 Å². The van der Waals surface area contributed by atoms with Crippen LogP contribution in [0.5, 0.6) is 0 Å². The van der Waals surface area contributed by atoms with Gasteiger partial charge in [0.05, 0.1) is 28.4 Å². The van der Waals surface area contributed by atoms with Crippen LogP contribution in [0.2, 0.25) is 0 Å². The van der Waals surface area contributed by atoms with Crippen LogP contribution in [0.25, 0.3) is 0 Å². The zero-order valence-corrected chi connectivity index (χ0v) is 19.9. The average Bonchev–Trinajstić information content (AvgIpc) is 3.25. The van der Waals surface area contributed by atoms with Gasteiger partial charge >= 0.3 is 6.09 Å². The van der Waals surface area contributed by atoms with Gasteiger partial charge < -0.3 is 9.64 Å². The molecule has 1 aliphatic carbocycles. The monoisotopic (exact) mass is 434 g/mol. The van der Waals surface area contributed by atoms with Crippen LogP contribution < -0.4 is 0 Å². The van der Waals surface area contributed by atoms with Crippen LogP contribution in [0.15, 0.2) is 4.40 Å². The first kappa shape index (κ1) is 21.5. The summed E-state index contributed by atoms with van der Waals surface area (Å²) in [7, 11) is -1.33. The molecule has 3 heterocycles. The number of carbonyl (C=O) groups excluding carboxylic acids is 1. The van der Waals surface area contributed by atoms with Gasteiger partial charge in [-0.25, -0.2) is 9.00 Å². The number of nitrogens with zero attached hydrogens (tertiary/aromatic N) is 4. The van der Waals surface area contributed by atoms with Crippen LogP contribution in [0.4, 0.5) is 4.79 Å². The summed E-state index contributed by atoms with van der Waals surface area (Å²) in [5, 5.41) is 4.87. The van der Waals surface area contributed by atoms with Crippen molar-refractivity contribution in [3.63, 3.8) is 0 Å². The lowest BCUT2D eigenvalue weighted by Crippen LogP contribution is -2.47. The van der Waals surface area contributed by atoms with E-state index in [-0.39, 0.29) is 11.5 Å². The number of hydrogen-bond acceptors (Lipinski definition) is 4. The molecule has 1 aromatic rings. The van der Waals surface area contributed by atoms with Crippen molar-refractivity contribution < 1.29 is 13.7 Å². The predicted molar refractivity (Wildman–Crippen MR) is 118 cm³/mol. The summed E-state index contributed by atoms with van der Waals surface area (Å²) >= 11 is 0. The van der Waals surface area contributed by atoms with Crippen LogP contribution in [0, 0.1) is 5.41 Å². The molecule has 0 aromatic carbocycles. The minimum absolute atomic E-state index is 0.209. The minimum Gasteiger partial charge on any atom is -0.444 e. The third-order valence-corrected chi connectivity index (χ3v) is 7.62. The van der Waals surface area contributed by atoms with Crippen molar-refractivity contribution in [1.29, 1.82) is 0 Å². The molecule has 3 aliphatic rings. The van der Waals surface area contributed by atoms with Gasteiger partial charge in [0.1, 0.15) is 16.6 Å². The van der Waals surface area contributed by atoms with Gasteiger partial charge in [-0.2, -0.15) is 9.50 Å². The first-order valence-electron chi connectivity index (χ1n) is 11.0. The number of ether oxygens (including phenoxy) is 1. The number of fused-ring (bicyclic) bond motifs is 3. The summed E-state index contributed by atoms with van der Waals surface area (Å²) in [6.45, 7) is 13.5. The highest BCUT2D eigenvalue weighted by Gasteiger charge is 2.50. The van der Waals surface area contributed by atoms with Gasteiger partial charge in [0, 0.05) is 24.1 Å². The Morgan fingerprint density at radius 2 is 1.80 bits per heavy atom. The number of carbonyl (C=O) groups is 1. The molecule has 1 aromatic heterocycles. The van der Waals surface area contributed by atoms with Crippen molar-refractivity contribution in [3.8, 4) is 0 Å². The zero-order chi connectivity index (χ0) is 21.9. The van der Waals surface area contributed by atoms with Gasteiger partial charge in [-0.1, -0.05) is 0 Å². The third-order valence-electron chi connectivity index (χ3n) is 6.22. The lowest BCUT2D eigenvalue weighted by molar-refractivity contribution is 0.0150. The quantitative estimate of drug-likeness (QED) is 0.676. The maximum atomic E-state index is 13.0. The fraction of sp³-hybridized carbons (Fsp3) is 0.773. The van der Waals surface area contributed by atoms with Crippen molar-refractivity contribution in [2.24, 2.45) is 9.81 Å². The smallest absolute Gasteiger partial charge is 0.410 e. The molecule has 1 fully saturated rings. The van der Waals surface area contributed by atoms with Crippen LogP contribution in [0.1, 0.15) is 77.8 Å². The number of amides is 1. The second kappa shape index (κ2) is 7.18. The Bertz CT molecular complexity index is 912. The van der Waals surface area contributed by atoms with Gasteiger partial charge in [-0.3, -0.25) is 4.68 Å². The predicted octanol–water partition coefficient (Wildman–Crippen LogP) is 3.65. The van der Waals surface area contributed by atoms with Crippen LogP contribution in [-0.4, -0.2) is 54.1 Å². The number of hydrogen-bond donors (Lipinski definition) is 0. The maximum absolute atomic E-state index is 13.0. The first-order chi connectivity index (χ1) is 13.9. The van der Waals surface area contributed by atoms with E-state index in [2.05, 4.69) is 4.68 Å². The highest BCUT2D eigenvalue weighted by Crippen LogP contribution is 2.45. The van der Waals surface area contributed by atoms with Crippen LogP contribution in [0.3, 0.4) is 0 Å². The molecule has 0 bridgehead atoms. The van der Waals surface area contributed by atoms with Gasteiger partial charge in [-0.05, 0) is 73.6 Å². The van der Waals surface area contributed by atoms with Gasteiger partial charge in [0.15, 0.2) is 0 Å². The highest BCUT2D eigenvalue weighted by molar-refractivity contribution is 7.85. The maximum Gasteiger partial charge on any atom is 0.410 e. The number of aryl methyl sites for hydroxylation is 1. The van der Waals surface area contributed by atoms with E-state index >= 15 is 0 Å². The molecule has 0 N–H and O–H groups in total. The van der Waals surface area contributed by atoms with Crippen LogP contribution >= 0.6 is 0 Å². The molecule has 7 nitrogen and oxygen atoms in total. The van der Waals surface area contributed by atoms with Gasteiger partial charge in [-0.15, -0.1) is 0 Å². The molecule has 166 valence electrons. The second-order valence-electron chi connectivity index (χ2n) is 10.8. The summed E-state index contributed by atoms with van der Waals surface area (Å²) in [4.78, 5) is 14.3. The fourth-order valence-electron chi connectivity index (χ4n) is 4.64. The normalized spacial score (nSPS) is 23.0. The summed E-state index contributed by atoms with van der Waals surface area (Å²) in [6.07, 6.45) is 4.47. The number of piperidine rings is 1. The summed E-state index contributed by atoms with van der Waals surface area (Å²) in [5.74, 6) is 0. The molecular formula is C22H34N4O3S. The van der Waals surface area contributed by atoms with Crippen molar-refractivity contribution in [1.82, 2.24) is 14.7 Å². The molecule has 1 atom stereocenters. The molecule has 0 saturated carbocycles. The minimum atomic E-state index is -1.33. The summed E-state index contributed by atoms with van der Waals surface area (Å²) in [6, 6.07) is 0. The topological polar surface area (TPSA) is 76.8 Å². The molecule has 1 amide bonds. The number of aromatic nitrogens is 2. The lowest BCUT2D eigenvalue weighted by Gasteiger charge is -2.39. The van der Waals surface area contributed by atoms with Crippen molar-refractivity contribution >= 4 is 22.8 Å². The molecule has 8 heteroatoms. The van der Waals surface area contributed by atoms with Crippen molar-refractivity contribution in [3.05, 3.63) is 17.0 Å². The van der Waals surface area contributed by atoms with Crippen molar-refractivity contribution in [2.45, 2.75) is 90.5 Å². The SMILES string of the molecule is CC(C)(C)OC(=O)N1CCC2(CC1)Cn1nc3c(c1C2=N[S@@](=O)C(C)(C)C)CCC3. The molecule has 2 aliphatic heterocycles. The molecule has 1 spiro atoms. The average molecular weight is 435 g/mol. The Morgan fingerprint density at radius 3 is 2.40 bits per heavy atom. The molecule has 0 radical (unpaired) electrons. The van der Waals surface area contributed by atoms with E-state index in [9.17, 15) is 9.00 Å². The van der Waals surface area contributed by atoms with E-state index in [1.807, 2.05) is 41.5 Å². The molecule has 30 heavy (non-hydrogen) atoms. The zero-order valence-electron chi connectivity index (χ0n) is 19.1. The Hall–Kier alpha value is -1.70. The molecule has 0 unspecified atom stereocenters. The molecule has 4 rings (SSSR count). The number of likely N-dealkylation sites (tertiary alicyclic amines) is 1. The van der Waals surface area contributed by atoms with E-state index in [1.54, 1.807) is 4.90 Å². The standard InChI is InChI=1S/C22H34N4O3S/c1-20(2,3)29-19(27)25-12-10-22(11-13-25)14-26-17(15-8-7-9-16(15)23-26)18(22)24-30(28)21(4,5)6/h7-14H2,1-6H3/t30-/m0/s1. The van der Waals surface area contributed by atoms with E-state index in [0.29, 0.717) is 13.1 Å². The van der Waals surface area contributed by atoms with Crippen molar-refractivity contribution in [2.75, 3.05) is 13.1 Å². The largest absolute Gasteiger partial charge is 0.444 e. The third kappa shape index (κ3) is 3.83. The first-order valence-corrected chi connectivity index (χ1v) is 12.1. The molecule has 1 saturated heterocycles. The lowest BCUT2D eigenvalue weighted by atomic mass is 9.75. The van der Waals surface area contributed by atoms with Gasteiger partial charge in [0.2, 0.25) is 0 Å². The van der Waals surface area contributed by atoms with Crippen LogP contribution in [-0.2, 0) is 35.1 Å².